The molecule has 0 fully saturated rings. The fourth-order valence-electron chi connectivity index (χ4n) is 1.49. The van der Waals surface area contributed by atoms with E-state index in [4.69, 9.17) is 4.42 Å². The number of hydrogen-bond donors (Lipinski definition) is 1. The first-order chi connectivity index (χ1) is 8.24. The van der Waals surface area contributed by atoms with Crippen molar-refractivity contribution in [2.24, 2.45) is 0 Å². The van der Waals surface area contributed by atoms with Gasteiger partial charge >= 0.3 is 0 Å². The molecule has 0 saturated heterocycles. The van der Waals surface area contributed by atoms with Crippen LogP contribution in [-0.4, -0.2) is 5.91 Å². The lowest BCUT2D eigenvalue weighted by Crippen LogP contribution is -2.24. The molecule has 2 aromatic rings. The van der Waals surface area contributed by atoms with Crippen LogP contribution < -0.4 is 5.32 Å². The van der Waals surface area contributed by atoms with Crippen molar-refractivity contribution in [3.63, 3.8) is 0 Å². The van der Waals surface area contributed by atoms with Gasteiger partial charge in [-0.25, -0.2) is 0 Å². The number of nitrogens with one attached hydrogen (secondary N) is 1. The zero-order valence-corrected chi connectivity index (χ0v) is 10.7. The van der Waals surface area contributed by atoms with Crippen LogP contribution in [0, 0.1) is 0 Å². The molecule has 0 bridgehead atoms. The molecule has 1 N–H and O–H groups in total. The first kappa shape index (κ1) is 11.9. The van der Waals surface area contributed by atoms with Crippen LogP contribution in [-0.2, 0) is 17.8 Å². The van der Waals surface area contributed by atoms with Crippen LogP contribution >= 0.6 is 15.9 Å². The molecule has 2 rings (SSSR count). The van der Waals surface area contributed by atoms with Gasteiger partial charge in [0.1, 0.15) is 5.76 Å². The second kappa shape index (κ2) is 5.68. The topological polar surface area (TPSA) is 42.2 Å². The number of benzene rings is 1. The first-order valence-electron chi connectivity index (χ1n) is 5.27. The molecule has 0 aliphatic rings. The van der Waals surface area contributed by atoms with Crippen molar-refractivity contribution < 1.29 is 9.21 Å². The molecule has 0 spiro atoms. The smallest absolute Gasteiger partial charge is 0.224 e. The molecule has 0 unspecified atom stereocenters. The van der Waals surface area contributed by atoms with Crippen molar-refractivity contribution in [2.75, 3.05) is 0 Å². The van der Waals surface area contributed by atoms with Crippen LogP contribution in [0.4, 0.5) is 0 Å². The van der Waals surface area contributed by atoms with Crippen LogP contribution in [0.2, 0.25) is 0 Å². The maximum absolute atomic E-state index is 11.7. The summed E-state index contributed by atoms with van der Waals surface area (Å²) in [6, 6.07) is 11.3. The van der Waals surface area contributed by atoms with Gasteiger partial charge in [0.05, 0.1) is 19.2 Å². The van der Waals surface area contributed by atoms with Crippen LogP contribution in [0.3, 0.4) is 0 Å². The van der Waals surface area contributed by atoms with Gasteiger partial charge in [0.15, 0.2) is 0 Å². The zero-order valence-electron chi connectivity index (χ0n) is 9.15. The van der Waals surface area contributed by atoms with Crippen LogP contribution in [0.5, 0.6) is 0 Å². The lowest BCUT2D eigenvalue weighted by atomic mass is 10.1. The molecule has 0 saturated carbocycles. The number of furan rings is 1. The van der Waals surface area contributed by atoms with Gasteiger partial charge in [0, 0.05) is 4.47 Å². The Morgan fingerprint density at radius 2 is 2.18 bits per heavy atom. The molecule has 17 heavy (non-hydrogen) atoms. The molecule has 0 aliphatic heterocycles. The van der Waals surface area contributed by atoms with E-state index in [0.29, 0.717) is 13.0 Å². The van der Waals surface area contributed by atoms with Gasteiger partial charge in [-0.15, -0.1) is 0 Å². The van der Waals surface area contributed by atoms with Gasteiger partial charge in [0.2, 0.25) is 5.91 Å². The summed E-state index contributed by atoms with van der Waals surface area (Å²) in [4.78, 5) is 11.7. The second-order valence-electron chi connectivity index (χ2n) is 3.66. The SMILES string of the molecule is O=C(Cc1cccc(Br)c1)NCc1ccco1. The summed E-state index contributed by atoms with van der Waals surface area (Å²) in [5, 5.41) is 2.81. The van der Waals surface area contributed by atoms with E-state index in [-0.39, 0.29) is 5.91 Å². The van der Waals surface area contributed by atoms with E-state index in [9.17, 15) is 4.79 Å². The van der Waals surface area contributed by atoms with E-state index in [1.165, 1.54) is 0 Å². The molecule has 88 valence electrons. The Bertz CT molecular complexity index is 494. The summed E-state index contributed by atoms with van der Waals surface area (Å²) in [5.74, 6) is 0.743. The molecule has 1 amide bonds. The maximum atomic E-state index is 11.7. The molecule has 1 aromatic heterocycles. The third-order valence-electron chi connectivity index (χ3n) is 2.29. The summed E-state index contributed by atoms with van der Waals surface area (Å²) in [6.07, 6.45) is 1.97. The average Bonchev–Trinajstić information content (AvgIpc) is 2.79. The zero-order chi connectivity index (χ0) is 12.1. The van der Waals surface area contributed by atoms with E-state index in [0.717, 1.165) is 15.8 Å². The van der Waals surface area contributed by atoms with Gasteiger partial charge in [-0.3, -0.25) is 4.79 Å². The quantitative estimate of drug-likeness (QED) is 0.942. The van der Waals surface area contributed by atoms with E-state index in [1.54, 1.807) is 12.3 Å². The fourth-order valence-corrected chi connectivity index (χ4v) is 1.94. The lowest BCUT2D eigenvalue weighted by Gasteiger charge is -2.03. The Morgan fingerprint density at radius 1 is 1.29 bits per heavy atom. The van der Waals surface area contributed by atoms with E-state index < -0.39 is 0 Å². The highest BCUT2D eigenvalue weighted by Crippen LogP contribution is 2.12. The number of amides is 1. The van der Waals surface area contributed by atoms with E-state index in [1.807, 2.05) is 30.3 Å². The highest BCUT2D eigenvalue weighted by molar-refractivity contribution is 9.10. The van der Waals surface area contributed by atoms with Crippen molar-refractivity contribution >= 4 is 21.8 Å². The second-order valence-corrected chi connectivity index (χ2v) is 4.58. The Labute approximate surface area is 108 Å². The van der Waals surface area contributed by atoms with Crippen molar-refractivity contribution in [3.05, 3.63) is 58.5 Å². The maximum Gasteiger partial charge on any atom is 0.224 e. The minimum atomic E-state index is -0.0144. The summed E-state index contributed by atoms with van der Waals surface area (Å²) >= 11 is 3.38. The van der Waals surface area contributed by atoms with Gasteiger partial charge in [-0.1, -0.05) is 28.1 Å². The van der Waals surface area contributed by atoms with Crippen molar-refractivity contribution in [1.29, 1.82) is 0 Å². The van der Waals surface area contributed by atoms with E-state index >= 15 is 0 Å². The third-order valence-corrected chi connectivity index (χ3v) is 2.79. The molecule has 0 atom stereocenters. The van der Waals surface area contributed by atoms with Crippen LogP contribution in [0.15, 0.2) is 51.6 Å². The molecule has 0 aliphatic carbocycles. The van der Waals surface area contributed by atoms with Crippen LogP contribution in [0.25, 0.3) is 0 Å². The number of rotatable bonds is 4. The summed E-state index contributed by atoms with van der Waals surface area (Å²) in [7, 11) is 0. The average molecular weight is 294 g/mol. The van der Waals surface area contributed by atoms with Crippen LogP contribution in [0.1, 0.15) is 11.3 Å². The highest BCUT2D eigenvalue weighted by Gasteiger charge is 2.04. The van der Waals surface area contributed by atoms with Crippen molar-refractivity contribution in [1.82, 2.24) is 5.32 Å². The molecular weight excluding hydrogens is 282 g/mol. The summed E-state index contributed by atoms with van der Waals surface area (Å²) in [6.45, 7) is 0.430. The predicted molar refractivity (Wildman–Crippen MR) is 68.4 cm³/mol. The van der Waals surface area contributed by atoms with Gasteiger partial charge in [-0.2, -0.15) is 0 Å². The number of hydrogen-bond acceptors (Lipinski definition) is 2. The monoisotopic (exact) mass is 293 g/mol. The largest absolute Gasteiger partial charge is 0.467 e. The number of carbonyl (C=O) groups excluding carboxylic acids is 1. The molecule has 0 radical (unpaired) electrons. The Balaban J connectivity index is 1.85. The van der Waals surface area contributed by atoms with Gasteiger partial charge in [0.25, 0.3) is 0 Å². The minimum absolute atomic E-state index is 0.0144. The summed E-state index contributed by atoms with van der Waals surface area (Å²) < 4.78 is 6.11. The third kappa shape index (κ3) is 3.75. The predicted octanol–water partition coefficient (Wildman–Crippen LogP) is 2.90. The highest BCUT2D eigenvalue weighted by atomic mass is 79.9. The lowest BCUT2D eigenvalue weighted by molar-refractivity contribution is -0.120. The first-order valence-corrected chi connectivity index (χ1v) is 6.07. The normalized spacial score (nSPS) is 10.2. The minimum Gasteiger partial charge on any atom is -0.467 e. The van der Waals surface area contributed by atoms with Gasteiger partial charge in [-0.05, 0) is 29.8 Å². The van der Waals surface area contributed by atoms with E-state index in [2.05, 4.69) is 21.2 Å². The Hall–Kier alpha value is -1.55. The van der Waals surface area contributed by atoms with Gasteiger partial charge < -0.3 is 9.73 Å². The molecule has 1 aromatic carbocycles. The van der Waals surface area contributed by atoms with Crippen molar-refractivity contribution in [2.45, 2.75) is 13.0 Å². The molecule has 4 heteroatoms. The summed E-state index contributed by atoms with van der Waals surface area (Å²) in [5.41, 5.74) is 0.983. The number of halogens is 1. The molecule has 3 nitrogen and oxygen atoms in total. The number of carbonyl (C=O) groups is 1. The fraction of sp³-hybridized carbons (Fsp3) is 0.154. The Morgan fingerprint density at radius 3 is 2.88 bits per heavy atom. The van der Waals surface area contributed by atoms with Crippen molar-refractivity contribution in [3.8, 4) is 0 Å². The molecule has 1 heterocycles. The standard InChI is InChI=1S/C13H12BrNO2/c14-11-4-1-3-10(7-11)8-13(16)15-9-12-5-2-6-17-12/h1-7H,8-9H2,(H,15,16). The molecular formula is C13H12BrNO2. The Kier molecular flexibility index (Phi) is 3.98.